The minimum absolute atomic E-state index is 0.0995. The maximum atomic E-state index is 13.4. The Labute approximate surface area is 183 Å². The number of aromatic nitrogens is 3. The molecule has 0 unspecified atom stereocenters. The fourth-order valence-corrected chi connectivity index (χ4v) is 4.39. The van der Waals surface area contributed by atoms with E-state index in [-0.39, 0.29) is 18.0 Å². The molecule has 0 saturated carbocycles. The summed E-state index contributed by atoms with van der Waals surface area (Å²) in [5, 5.41) is 3.47. The third-order valence-corrected chi connectivity index (χ3v) is 6.08. The van der Waals surface area contributed by atoms with E-state index in [1.54, 1.807) is 12.4 Å². The number of nitrogens with one attached hydrogen (secondary N) is 1. The van der Waals surface area contributed by atoms with Gasteiger partial charge in [-0.15, -0.1) is 0 Å². The number of aryl methyl sites for hydroxylation is 1. The van der Waals surface area contributed by atoms with Crippen LogP contribution < -0.4 is 5.32 Å². The van der Waals surface area contributed by atoms with Crippen molar-refractivity contribution in [3.8, 4) is 11.3 Å². The van der Waals surface area contributed by atoms with E-state index in [1.807, 2.05) is 41.3 Å². The van der Waals surface area contributed by atoms with Crippen LogP contribution >= 0.6 is 0 Å². The van der Waals surface area contributed by atoms with Crippen molar-refractivity contribution in [2.24, 2.45) is 0 Å². The molecule has 0 radical (unpaired) electrons. The molecule has 1 N–H and O–H groups in total. The molecule has 3 aromatic rings. The number of benzene rings is 1. The van der Waals surface area contributed by atoms with Crippen molar-refractivity contribution in [1.82, 2.24) is 19.9 Å². The van der Waals surface area contributed by atoms with Gasteiger partial charge >= 0.3 is 0 Å². The second-order valence-corrected chi connectivity index (χ2v) is 8.19. The van der Waals surface area contributed by atoms with Crippen LogP contribution in [0.4, 0.5) is 11.5 Å². The molecule has 1 aromatic carbocycles. The van der Waals surface area contributed by atoms with Gasteiger partial charge in [-0.3, -0.25) is 4.79 Å². The number of amides is 1. The van der Waals surface area contributed by atoms with Gasteiger partial charge in [0.1, 0.15) is 12.1 Å². The number of anilines is 2. The standard InChI is InChI=1S/C25H29N5O/c1-4-19-10-11-20(25(31)30-17(2)7-5-8-18(30)3)15-23(19)29-24-21(9-6-13-27-24)22-12-14-26-16-28-22/h6,9-18H,4-5,7-8H2,1-3H3,(H,27,29)/t17-,18+. The van der Waals surface area contributed by atoms with Gasteiger partial charge in [-0.1, -0.05) is 13.0 Å². The van der Waals surface area contributed by atoms with Gasteiger partial charge in [0, 0.05) is 41.3 Å². The van der Waals surface area contributed by atoms with E-state index in [0.717, 1.165) is 41.8 Å². The lowest BCUT2D eigenvalue weighted by Crippen LogP contribution is -2.47. The Kier molecular flexibility index (Phi) is 6.26. The quantitative estimate of drug-likeness (QED) is 0.616. The highest BCUT2D eigenvalue weighted by Gasteiger charge is 2.29. The van der Waals surface area contributed by atoms with Crippen LogP contribution in [0.1, 0.15) is 56.0 Å². The minimum atomic E-state index is 0.0995. The van der Waals surface area contributed by atoms with Gasteiger partial charge in [0.05, 0.1) is 5.69 Å². The highest BCUT2D eigenvalue weighted by atomic mass is 16.2. The van der Waals surface area contributed by atoms with E-state index >= 15 is 0 Å². The van der Waals surface area contributed by atoms with Crippen molar-refractivity contribution < 1.29 is 4.79 Å². The first-order chi connectivity index (χ1) is 15.1. The molecule has 6 nitrogen and oxygen atoms in total. The van der Waals surface area contributed by atoms with Crippen LogP contribution in [0.25, 0.3) is 11.3 Å². The van der Waals surface area contributed by atoms with Gasteiger partial charge in [0.2, 0.25) is 0 Å². The molecule has 0 aliphatic carbocycles. The summed E-state index contributed by atoms with van der Waals surface area (Å²) in [6, 6.07) is 12.2. The summed E-state index contributed by atoms with van der Waals surface area (Å²) in [4.78, 5) is 28.3. The average Bonchev–Trinajstić information content (AvgIpc) is 2.80. The molecule has 31 heavy (non-hydrogen) atoms. The maximum Gasteiger partial charge on any atom is 0.254 e. The van der Waals surface area contributed by atoms with Crippen molar-refractivity contribution in [1.29, 1.82) is 0 Å². The number of hydrogen-bond acceptors (Lipinski definition) is 5. The SMILES string of the molecule is CCc1ccc(C(=O)N2[C@H](C)CCC[C@@H]2C)cc1Nc1ncccc1-c1ccncn1. The van der Waals surface area contributed by atoms with Crippen molar-refractivity contribution in [3.63, 3.8) is 0 Å². The summed E-state index contributed by atoms with van der Waals surface area (Å²) in [6.07, 6.45) is 9.16. The first-order valence-corrected chi connectivity index (χ1v) is 11.0. The zero-order valence-corrected chi connectivity index (χ0v) is 18.4. The van der Waals surface area contributed by atoms with E-state index in [1.165, 1.54) is 12.7 Å². The third-order valence-electron chi connectivity index (χ3n) is 6.08. The predicted octanol–water partition coefficient (Wildman–Crippen LogP) is 5.25. The van der Waals surface area contributed by atoms with Crippen LogP contribution in [-0.2, 0) is 6.42 Å². The van der Waals surface area contributed by atoms with Crippen molar-refractivity contribution in [3.05, 3.63) is 66.2 Å². The molecule has 4 rings (SSSR count). The van der Waals surface area contributed by atoms with Gasteiger partial charge in [0.15, 0.2) is 0 Å². The third kappa shape index (κ3) is 4.43. The summed E-state index contributed by atoms with van der Waals surface area (Å²) >= 11 is 0. The summed E-state index contributed by atoms with van der Waals surface area (Å²) < 4.78 is 0. The molecule has 0 bridgehead atoms. The Hall–Kier alpha value is -3.28. The molecular formula is C25H29N5O. The molecule has 1 amide bonds. The minimum Gasteiger partial charge on any atom is -0.339 e. The molecule has 3 heterocycles. The van der Waals surface area contributed by atoms with Crippen LogP contribution in [0.15, 0.2) is 55.1 Å². The van der Waals surface area contributed by atoms with Crippen LogP contribution in [0.2, 0.25) is 0 Å². The van der Waals surface area contributed by atoms with Crippen molar-refractivity contribution in [2.45, 2.75) is 58.5 Å². The van der Waals surface area contributed by atoms with Crippen LogP contribution in [0.3, 0.4) is 0 Å². The van der Waals surface area contributed by atoms with Gasteiger partial charge in [0.25, 0.3) is 5.91 Å². The largest absolute Gasteiger partial charge is 0.339 e. The Morgan fingerprint density at radius 3 is 2.61 bits per heavy atom. The summed E-state index contributed by atoms with van der Waals surface area (Å²) in [6.45, 7) is 6.41. The average molecular weight is 416 g/mol. The molecule has 1 fully saturated rings. The van der Waals surface area contributed by atoms with Gasteiger partial charge in [-0.25, -0.2) is 15.0 Å². The van der Waals surface area contributed by atoms with E-state index in [2.05, 4.69) is 41.0 Å². The van der Waals surface area contributed by atoms with Crippen LogP contribution in [0.5, 0.6) is 0 Å². The number of pyridine rings is 1. The second-order valence-electron chi connectivity index (χ2n) is 8.19. The van der Waals surface area contributed by atoms with Crippen LogP contribution in [-0.4, -0.2) is 37.8 Å². The monoisotopic (exact) mass is 415 g/mol. The fraction of sp³-hybridized carbons (Fsp3) is 0.360. The maximum absolute atomic E-state index is 13.4. The Balaban J connectivity index is 1.68. The molecule has 2 atom stereocenters. The van der Waals surface area contributed by atoms with Crippen LogP contribution in [0, 0.1) is 0 Å². The second kappa shape index (κ2) is 9.25. The molecular weight excluding hydrogens is 386 g/mol. The number of piperidine rings is 1. The summed E-state index contributed by atoms with van der Waals surface area (Å²) in [7, 11) is 0. The molecule has 160 valence electrons. The number of likely N-dealkylation sites (tertiary alicyclic amines) is 1. The Morgan fingerprint density at radius 1 is 1.10 bits per heavy atom. The summed E-state index contributed by atoms with van der Waals surface area (Å²) in [5.74, 6) is 0.808. The lowest BCUT2D eigenvalue weighted by Gasteiger charge is -2.39. The van der Waals surface area contributed by atoms with E-state index < -0.39 is 0 Å². The zero-order chi connectivity index (χ0) is 21.8. The highest BCUT2D eigenvalue weighted by molar-refractivity contribution is 5.96. The van der Waals surface area contributed by atoms with E-state index in [9.17, 15) is 4.79 Å². The normalized spacial score (nSPS) is 18.6. The number of carbonyl (C=O) groups excluding carboxylic acids is 1. The van der Waals surface area contributed by atoms with Gasteiger partial charge in [-0.05, 0) is 75.4 Å². The molecule has 0 spiro atoms. The highest BCUT2D eigenvalue weighted by Crippen LogP contribution is 2.30. The van der Waals surface area contributed by atoms with Gasteiger partial charge < -0.3 is 10.2 Å². The number of nitrogens with zero attached hydrogens (tertiary/aromatic N) is 4. The smallest absolute Gasteiger partial charge is 0.254 e. The summed E-state index contributed by atoms with van der Waals surface area (Å²) in [5.41, 5.74) is 4.43. The first-order valence-electron chi connectivity index (χ1n) is 11.0. The molecule has 2 aromatic heterocycles. The first kappa shape index (κ1) is 21.0. The molecule has 1 saturated heterocycles. The lowest BCUT2D eigenvalue weighted by molar-refractivity contribution is 0.0511. The molecule has 1 aliphatic heterocycles. The Morgan fingerprint density at radius 2 is 1.90 bits per heavy atom. The number of rotatable bonds is 5. The van der Waals surface area contributed by atoms with Crippen molar-refractivity contribution in [2.75, 3.05) is 5.32 Å². The fourth-order valence-electron chi connectivity index (χ4n) is 4.39. The lowest BCUT2D eigenvalue weighted by atomic mass is 9.96. The molecule has 1 aliphatic rings. The number of hydrogen-bond donors (Lipinski definition) is 1. The topological polar surface area (TPSA) is 71.0 Å². The zero-order valence-electron chi connectivity index (χ0n) is 18.4. The predicted molar refractivity (Wildman–Crippen MR) is 123 cm³/mol. The van der Waals surface area contributed by atoms with Gasteiger partial charge in [-0.2, -0.15) is 0 Å². The Bertz CT molecular complexity index is 1040. The van der Waals surface area contributed by atoms with E-state index in [4.69, 9.17) is 0 Å². The van der Waals surface area contributed by atoms with E-state index in [0.29, 0.717) is 11.4 Å². The van der Waals surface area contributed by atoms with Crippen molar-refractivity contribution >= 4 is 17.4 Å². The molecule has 6 heteroatoms. The number of carbonyl (C=O) groups is 1.